The van der Waals surface area contributed by atoms with E-state index in [0.717, 1.165) is 19.6 Å². The highest BCUT2D eigenvalue weighted by atomic mass is 16.3. The number of hydrogen-bond acceptors (Lipinski definition) is 3. The van der Waals surface area contributed by atoms with Crippen molar-refractivity contribution in [3.8, 4) is 5.75 Å². The van der Waals surface area contributed by atoms with Gasteiger partial charge in [0, 0.05) is 31.7 Å². The molecular formula is C16H26N2O. The summed E-state index contributed by atoms with van der Waals surface area (Å²) in [5.74, 6) is 0.354. The van der Waals surface area contributed by atoms with Gasteiger partial charge < -0.3 is 10.4 Å². The Hall–Kier alpha value is -1.06. The molecule has 0 amide bonds. The third-order valence-electron chi connectivity index (χ3n) is 4.04. The van der Waals surface area contributed by atoms with Crippen molar-refractivity contribution < 1.29 is 5.11 Å². The van der Waals surface area contributed by atoms with Gasteiger partial charge in [-0.1, -0.05) is 32.9 Å². The molecular weight excluding hydrogens is 236 g/mol. The highest BCUT2D eigenvalue weighted by Gasteiger charge is 2.32. The van der Waals surface area contributed by atoms with Crippen LogP contribution in [-0.4, -0.2) is 35.2 Å². The Morgan fingerprint density at radius 3 is 2.74 bits per heavy atom. The van der Waals surface area contributed by atoms with E-state index in [1.165, 1.54) is 5.56 Å². The van der Waals surface area contributed by atoms with E-state index in [1.54, 1.807) is 6.07 Å². The predicted molar refractivity (Wildman–Crippen MR) is 79.2 cm³/mol. The first kappa shape index (κ1) is 14.4. The van der Waals surface area contributed by atoms with Crippen LogP contribution >= 0.6 is 0 Å². The molecule has 106 valence electrons. The van der Waals surface area contributed by atoms with E-state index in [2.05, 4.69) is 44.0 Å². The lowest BCUT2D eigenvalue weighted by Crippen LogP contribution is -2.59. The molecule has 0 aromatic heterocycles. The van der Waals surface area contributed by atoms with Crippen LogP contribution in [-0.2, 0) is 6.54 Å². The van der Waals surface area contributed by atoms with Gasteiger partial charge >= 0.3 is 0 Å². The van der Waals surface area contributed by atoms with E-state index in [9.17, 15) is 5.11 Å². The van der Waals surface area contributed by atoms with Crippen molar-refractivity contribution in [3.05, 3.63) is 29.8 Å². The lowest BCUT2D eigenvalue weighted by Gasteiger charge is -2.44. The van der Waals surface area contributed by atoms with Gasteiger partial charge in [0.25, 0.3) is 0 Å². The number of nitrogens with one attached hydrogen (secondary N) is 1. The SMILES string of the molecule is CC1CNC(C(C)(C)C)CN1Cc1cccc(O)c1. The maximum Gasteiger partial charge on any atom is 0.115 e. The zero-order valence-corrected chi connectivity index (χ0v) is 12.5. The molecule has 0 bridgehead atoms. The lowest BCUT2D eigenvalue weighted by atomic mass is 9.84. The van der Waals surface area contributed by atoms with E-state index in [4.69, 9.17) is 0 Å². The Labute approximate surface area is 116 Å². The Kier molecular flexibility index (Phi) is 4.16. The molecule has 19 heavy (non-hydrogen) atoms. The van der Waals surface area contributed by atoms with Crippen molar-refractivity contribution in [3.63, 3.8) is 0 Å². The minimum absolute atomic E-state index is 0.275. The van der Waals surface area contributed by atoms with E-state index in [1.807, 2.05) is 12.1 Å². The predicted octanol–water partition coefficient (Wildman–Crippen LogP) is 2.60. The lowest BCUT2D eigenvalue weighted by molar-refractivity contribution is 0.0877. The molecule has 1 aliphatic rings. The summed E-state index contributed by atoms with van der Waals surface area (Å²) in [6, 6.07) is 8.63. The Balaban J connectivity index is 2.05. The number of phenolic OH excluding ortho intramolecular Hbond substituents is 1. The second kappa shape index (κ2) is 5.51. The van der Waals surface area contributed by atoms with Crippen molar-refractivity contribution in [1.29, 1.82) is 0 Å². The Morgan fingerprint density at radius 2 is 2.11 bits per heavy atom. The summed E-state index contributed by atoms with van der Waals surface area (Å²) < 4.78 is 0. The molecule has 3 heteroatoms. The van der Waals surface area contributed by atoms with Gasteiger partial charge in [0.2, 0.25) is 0 Å². The number of hydrogen-bond donors (Lipinski definition) is 2. The van der Waals surface area contributed by atoms with Gasteiger partial charge in [0.05, 0.1) is 0 Å². The van der Waals surface area contributed by atoms with Crippen molar-refractivity contribution in [2.45, 2.75) is 46.3 Å². The van der Waals surface area contributed by atoms with E-state index < -0.39 is 0 Å². The van der Waals surface area contributed by atoms with E-state index in [0.29, 0.717) is 17.8 Å². The van der Waals surface area contributed by atoms with Gasteiger partial charge in [0.15, 0.2) is 0 Å². The molecule has 1 aromatic carbocycles. The highest BCUT2D eigenvalue weighted by Crippen LogP contribution is 2.24. The quantitative estimate of drug-likeness (QED) is 0.860. The fourth-order valence-corrected chi connectivity index (χ4v) is 2.61. The van der Waals surface area contributed by atoms with Crippen LogP contribution < -0.4 is 5.32 Å². The van der Waals surface area contributed by atoms with Crippen LogP contribution in [0.25, 0.3) is 0 Å². The average molecular weight is 262 g/mol. The monoisotopic (exact) mass is 262 g/mol. The molecule has 3 nitrogen and oxygen atoms in total. The third-order valence-corrected chi connectivity index (χ3v) is 4.04. The maximum atomic E-state index is 9.56. The standard InChI is InChI=1S/C16H26N2O/c1-12-9-17-15(16(2,3)4)11-18(12)10-13-6-5-7-14(19)8-13/h5-8,12,15,17,19H,9-11H2,1-4H3. The van der Waals surface area contributed by atoms with Crippen molar-refractivity contribution in [1.82, 2.24) is 10.2 Å². The summed E-state index contributed by atoms with van der Waals surface area (Å²) >= 11 is 0. The molecule has 0 spiro atoms. The Morgan fingerprint density at radius 1 is 1.37 bits per heavy atom. The number of benzene rings is 1. The first-order valence-corrected chi connectivity index (χ1v) is 7.11. The summed E-state index contributed by atoms with van der Waals surface area (Å²) in [4.78, 5) is 2.50. The van der Waals surface area contributed by atoms with Crippen LogP contribution in [0.4, 0.5) is 0 Å². The third kappa shape index (κ3) is 3.71. The first-order chi connectivity index (χ1) is 8.86. The van der Waals surface area contributed by atoms with E-state index >= 15 is 0 Å². The van der Waals surface area contributed by atoms with Crippen molar-refractivity contribution in [2.75, 3.05) is 13.1 Å². The van der Waals surface area contributed by atoms with Gasteiger partial charge in [-0.05, 0) is 30.0 Å². The summed E-state index contributed by atoms with van der Waals surface area (Å²) in [6.45, 7) is 12.1. The first-order valence-electron chi connectivity index (χ1n) is 7.11. The van der Waals surface area contributed by atoms with Gasteiger partial charge in [0.1, 0.15) is 5.75 Å². The number of phenols is 1. The summed E-state index contributed by atoms with van der Waals surface area (Å²) in [5, 5.41) is 13.2. The van der Waals surface area contributed by atoms with Gasteiger partial charge in [-0.25, -0.2) is 0 Å². The fraction of sp³-hybridized carbons (Fsp3) is 0.625. The maximum absolute atomic E-state index is 9.56. The minimum Gasteiger partial charge on any atom is -0.508 e. The smallest absolute Gasteiger partial charge is 0.115 e. The van der Waals surface area contributed by atoms with Crippen LogP contribution in [0.1, 0.15) is 33.3 Å². The molecule has 1 fully saturated rings. The van der Waals surface area contributed by atoms with Crippen LogP contribution in [0.3, 0.4) is 0 Å². The van der Waals surface area contributed by atoms with Crippen molar-refractivity contribution >= 4 is 0 Å². The minimum atomic E-state index is 0.275. The summed E-state index contributed by atoms with van der Waals surface area (Å²) in [5.41, 5.74) is 1.46. The largest absolute Gasteiger partial charge is 0.508 e. The number of nitrogens with zero attached hydrogens (tertiary/aromatic N) is 1. The average Bonchev–Trinajstić information content (AvgIpc) is 2.30. The zero-order valence-electron chi connectivity index (χ0n) is 12.5. The van der Waals surface area contributed by atoms with Crippen molar-refractivity contribution in [2.24, 2.45) is 5.41 Å². The molecule has 2 N–H and O–H groups in total. The number of piperazine rings is 1. The van der Waals surface area contributed by atoms with E-state index in [-0.39, 0.29) is 5.41 Å². The highest BCUT2D eigenvalue weighted by molar-refractivity contribution is 5.27. The second-order valence-electron chi connectivity index (χ2n) is 6.78. The molecule has 2 unspecified atom stereocenters. The zero-order chi connectivity index (χ0) is 14.0. The summed E-state index contributed by atoms with van der Waals surface area (Å²) in [6.07, 6.45) is 0. The second-order valence-corrected chi connectivity index (χ2v) is 6.78. The molecule has 0 aliphatic carbocycles. The molecule has 0 saturated carbocycles. The van der Waals surface area contributed by atoms with Crippen LogP contribution in [0.2, 0.25) is 0 Å². The molecule has 2 atom stereocenters. The topological polar surface area (TPSA) is 35.5 Å². The molecule has 1 aliphatic heterocycles. The van der Waals surface area contributed by atoms with Crippen LogP contribution in [0, 0.1) is 5.41 Å². The molecule has 0 radical (unpaired) electrons. The van der Waals surface area contributed by atoms with Gasteiger partial charge in [-0.15, -0.1) is 0 Å². The number of aromatic hydroxyl groups is 1. The molecule has 1 saturated heterocycles. The molecule has 2 rings (SSSR count). The summed E-state index contributed by atoms with van der Waals surface area (Å²) in [7, 11) is 0. The van der Waals surface area contributed by atoms with Crippen LogP contribution in [0.15, 0.2) is 24.3 Å². The Bertz CT molecular complexity index is 425. The van der Waals surface area contributed by atoms with Gasteiger partial charge in [-0.3, -0.25) is 4.90 Å². The molecule has 1 aromatic rings. The fourth-order valence-electron chi connectivity index (χ4n) is 2.61. The van der Waals surface area contributed by atoms with Gasteiger partial charge in [-0.2, -0.15) is 0 Å². The van der Waals surface area contributed by atoms with Crippen LogP contribution in [0.5, 0.6) is 5.75 Å². The molecule has 1 heterocycles. The normalized spacial score (nSPS) is 25.5. The number of rotatable bonds is 2.